The average molecular weight is 396 g/mol. The molecule has 0 bridgehead atoms. The van der Waals surface area contributed by atoms with Gasteiger partial charge in [0.05, 0.1) is 0 Å². The molecule has 0 unspecified atom stereocenters. The van der Waals surface area contributed by atoms with Gasteiger partial charge in [0.2, 0.25) is 0 Å². The molecule has 158 valence electrons. The van der Waals surface area contributed by atoms with Crippen LogP contribution in [0.1, 0.15) is 77.0 Å². The molecule has 0 spiro atoms. The molecule has 0 amide bonds. The summed E-state index contributed by atoms with van der Waals surface area (Å²) in [4.78, 5) is 0. The largest absolute Gasteiger partial charge is 0.376 e. The smallest absolute Gasteiger partial charge is 0.266 e. The summed E-state index contributed by atoms with van der Waals surface area (Å²) in [6, 6.07) is 0. The molecule has 2 fully saturated rings. The Kier molecular flexibility index (Phi) is 10.5. The third-order valence-electron chi connectivity index (χ3n) is 6.42. The van der Waals surface area contributed by atoms with E-state index in [0.717, 1.165) is 24.3 Å². The van der Waals surface area contributed by atoms with Gasteiger partial charge in [0, 0.05) is 0 Å². The van der Waals surface area contributed by atoms with Crippen LogP contribution in [0.25, 0.3) is 0 Å². The summed E-state index contributed by atoms with van der Waals surface area (Å²) in [5.74, 6) is 2.49. The first-order chi connectivity index (χ1) is 13.5. The number of unbranched alkanes of at least 4 members (excludes halogenated alkanes) is 2. The molecule has 0 aromatic rings. The Hall–Kier alpha value is -1.45. The van der Waals surface area contributed by atoms with Gasteiger partial charge < -0.3 is 5.73 Å². The molecule has 0 radical (unpaired) electrons. The predicted octanol–water partition coefficient (Wildman–Crippen LogP) is 7.82. The van der Waals surface area contributed by atoms with Crippen LogP contribution in [0.3, 0.4) is 0 Å². The predicted molar refractivity (Wildman–Crippen MR) is 111 cm³/mol. The highest BCUT2D eigenvalue weighted by Gasteiger charge is 2.29. The fourth-order valence-electron chi connectivity index (χ4n) is 4.80. The summed E-state index contributed by atoms with van der Waals surface area (Å²) in [5, 5.41) is 0. The van der Waals surface area contributed by atoms with E-state index in [0.29, 0.717) is 31.1 Å². The van der Waals surface area contributed by atoms with Gasteiger partial charge >= 0.3 is 0 Å². The van der Waals surface area contributed by atoms with Crippen molar-refractivity contribution in [1.82, 2.24) is 0 Å². The van der Waals surface area contributed by atoms with Crippen molar-refractivity contribution in [1.29, 1.82) is 0 Å². The molecule has 0 aromatic carbocycles. The van der Waals surface area contributed by atoms with E-state index in [1.54, 1.807) is 0 Å². The van der Waals surface area contributed by atoms with Crippen molar-refractivity contribution in [2.24, 2.45) is 29.4 Å². The molecule has 4 heteroatoms. The standard InChI is InChI=1S/C24H36F3N/c25-23(26)9-5-1-3-7-19-11-15-21(16-12-19)22-17-13-20(14-18-22)8-4-2-6-10-24(27)28/h3-4,7-10,19-22H,1-2,5-6,11-18,28H2/b7-3+,8-4+,24-10+. The van der Waals surface area contributed by atoms with Gasteiger partial charge in [0.15, 0.2) is 5.95 Å². The third-order valence-corrected chi connectivity index (χ3v) is 6.42. The molecule has 0 aliphatic heterocycles. The van der Waals surface area contributed by atoms with E-state index in [2.05, 4.69) is 24.3 Å². The van der Waals surface area contributed by atoms with Crippen LogP contribution in [-0.2, 0) is 0 Å². The number of halogens is 3. The van der Waals surface area contributed by atoms with Crippen molar-refractivity contribution in [2.75, 3.05) is 0 Å². The van der Waals surface area contributed by atoms with Crippen LogP contribution < -0.4 is 5.73 Å². The van der Waals surface area contributed by atoms with E-state index < -0.39 is 12.0 Å². The maximum Gasteiger partial charge on any atom is 0.266 e. The fourth-order valence-corrected chi connectivity index (χ4v) is 4.80. The zero-order valence-corrected chi connectivity index (χ0v) is 17.0. The Bertz CT molecular complexity index is 490. The van der Waals surface area contributed by atoms with Crippen LogP contribution in [0.15, 0.2) is 48.5 Å². The summed E-state index contributed by atoms with van der Waals surface area (Å²) in [6.07, 6.45) is 22.8. The molecular formula is C24H36F3N. The van der Waals surface area contributed by atoms with Gasteiger partial charge in [-0.25, -0.2) is 0 Å². The van der Waals surface area contributed by atoms with Gasteiger partial charge in [-0.1, -0.05) is 24.3 Å². The summed E-state index contributed by atoms with van der Waals surface area (Å²) in [5.41, 5.74) is 5.00. The third kappa shape index (κ3) is 9.16. The Labute approximate surface area is 168 Å². The summed E-state index contributed by atoms with van der Waals surface area (Å²) in [6.45, 7) is 0. The van der Waals surface area contributed by atoms with Crippen LogP contribution in [-0.4, -0.2) is 0 Å². The molecule has 1 nitrogen and oxygen atoms in total. The first-order valence-electron chi connectivity index (χ1n) is 11.0. The van der Waals surface area contributed by atoms with Crippen LogP contribution in [0.2, 0.25) is 0 Å². The lowest BCUT2D eigenvalue weighted by Gasteiger charge is -2.37. The Morgan fingerprint density at radius 2 is 1.07 bits per heavy atom. The fraction of sp³-hybridized carbons (Fsp3) is 0.667. The molecule has 0 atom stereocenters. The van der Waals surface area contributed by atoms with Gasteiger partial charge in [0.1, 0.15) is 0 Å². The molecule has 28 heavy (non-hydrogen) atoms. The van der Waals surface area contributed by atoms with Crippen molar-refractivity contribution >= 4 is 0 Å². The number of rotatable bonds is 9. The van der Waals surface area contributed by atoms with E-state index in [-0.39, 0.29) is 0 Å². The zero-order valence-electron chi connectivity index (χ0n) is 17.0. The van der Waals surface area contributed by atoms with Crippen molar-refractivity contribution in [3.63, 3.8) is 0 Å². The second-order valence-corrected chi connectivity index (χ2v) is 8.44. The number of nitrogens with two attached hydrogens (primary N) is 1. The lowest BCUT2D eigenvalue weighted by atomic mass is 9.69. The van der Waals surface area contributed by atoms with Crippen molar-refractivity contribution in [3.8, 4) is 0 Å². The van der Waals surface area contributed by atoms with Crippen LogP contribution in [0.5, 0.6) is 0 Å². The first-order valence-corrected chi connectivity index (χ1v) is 11.0. The number of hydrogen-bond acceptors (Lipinski definition) is 1. The van der Waals surface area contributed by atoms with Gasteiger partial charge in [-0.05, 0) is 113 Å². The highest BCUT2D eigenvalue weighted by Crippen LogP contribution is 2.41. The molecule has 2 aliphatic carbocycles. The monoisotopic (exact) mass is 395 g/mol. The quantitative estimate of drug-likeness (QED) is 0.240. The molecule has 2 saturated carbocycles. The topological polar surface area (TPSA) is 26.0 Å². The van der Waals surface area contributed by atoms with Gasteiger partial charge in [0.25, 0.3) is 6.08 Å². The normalized spacial score (nSPS) is 29.5. The van der Waals surface area contributed by atoms with E-state index in [1.807, 2.05) is 0 Å². The Morgan fingerprint density at radius 3 is 1.46 bits per heavy atom. The van der Waals surface area contributed by atoms with Crippen LogP contribution in [0, 0.1) is 23.7 Å². The van der Waals surface area contributed by atoms with E-state index in [9.17, 15) is 13.2 Å². The summed E-state index contributed by atoms with van der Waals surface area (Å²) in [7, 11) is 0. The lowest BCUT2D eigenvalue weighted by Crippen LogP contribution is -2.25. The van der Waals surface area contributed by atoms with Crippen LogP contribution >= 0.6 is 0 Å². The highest BCUT2D eigenvalue weighted by molar-refractivity contribution is 4.96. The van der Waals surface area contributed by atoms with E-state index in [1.165, 1.54) is 57.4 Å². The summed E-state index contributed by atoms with van der Waals surface area (Å²) >= 11 is 0. The Balaban J connectivity index is 1.60. The van der Waals surface area contributed by atoms with Crippen molar-refractivity contribution in [2.45, 2.75) is 77.0 Å². The second-order valence-electron chi connectivity index (χ2n) is 8.44. The second kappa shape index (κ2) is 12.9. The molecule has 0 saturated heterocycles. The van der Waals surface area contributed by atoms with Gasteiger partial charge in [-0.3, -0.25) is 0 Å². The number of allylic oxidation sites excluding steroid dienone is 6. The zero-order chi connectivity index (χ0) is 20.2. The minimum Gasteiger partial charge on any atom is -0.376 e. The van der Waals surface area contributed by atoms with Gasteiger partial charge in [-0.2, -0.15) is 13.2 Å². The minimum absolute atomic E-state index is 0.437. The van der Waals surface area contributed by atoms with Gasteiger partial charge in [-0.15, -0.1) is 0 Å². The lowest BCUT2D eigenvalue weighted by molar-refractivity contribution is 0.166. The molecular weight excluding hydrogens is 359 g/mol. The van der Waals surface area contributed by atoms with Crippen molar-refractivity contribution < 1.29 is 13.2 Å². The molecule has 2 rings (SSSR count). The average Bonchev–Trinajstić information content (AvgIpc) is 2.68. The molecule has 0 heterocycles. The minimum atomic E-state index is -1.57. The maximum absolute atomic E-state index is 12.4. The molecule has 2 N–H and O–H groups in total. The van der Waals surface area contributed by atoms with Crippen LogP contribution in [0.4, 0.5) is 13.2 Å². The summed E-state index contributed by atoms with van der Waals surface area (Å²) < 4.78 is 36.4. The van der Waals surface area contributed by atoms with E-state index in [4.69, 9.17) is 5.73 Å². The Morgan fingerprint density at radius 1 is 0.643 bits per heavy atom. The first kappa shape index (κ1) is 22.8. The maximum atomic E-state index is 12.4. The highest BCUT2D eigenvalue weighted by atomic mass is 19.3. The molecule has 2 aliphatic rings. The SMILES string of the molecule is N/C(F)=C/CC/C=C/C1CCC(C2CCC(/C=C/CCC=C(F)F)CC2)CC1. The van der Waals surface area contributed by atoms with Crippen molar-refractivity contribution in [3.05, 3.63) is 48.5 Å². The van der Waals surface area contributed by atoms with E-state index >= 15 is 0 Å². The number of hydrogen-bond donors (Lipinski definition) is 1. The molecule has 0 aromatic heterocycles.